The number of rotatable bonds is 6. The molecule has 1 aliphatic heterocycles. The first-order valence-electron chi connectivity index (χ1n) is 9.33. The molecule has 0 aliphatic carbocycles. The summed E-state index contributed by atoms with van der Waals surface area (Å²) in [5.41, 5.74) is 0.845. The van der Waals surface area contributed by atoms with Crippen molar-refractivity contribution in [3.8, 4) is 17.2 Å². The van der Waals surface area contributed by atoms with Gasteiger partial charge in [-0.25, -0.2) is 0 Å². The molecule has 1 amide bonds. The summed E-state index contributed by atoms with van der Waals surface area (Å²) < 4.78 is 22.1. The maximum absolute atomic E-state index is 13.3. The van der Waals surface area contributed by atoms with Gasteiger partial charge in [-0.3, -0.25) is 9.59 Å². The van der Waals surface area contributed by atoms with Crippen LogP contribution >= 0.6 is 0 Å². The highest BCUT2D eigenvalue weighted by molar-refractivity contribution is 5.99. The zero-order valence-electron chi connectivity index (χ0n) is 16.8. The van der Waals surface area contributed by atoms with Crippen molar-refractivity contribution in [2.75, 3.05) is 34.5 Å². The van der Waals surface area contributed by atoms with Gasteiger partial charge in [-0.05, 0) is 29.8 Å². The molecule has 1 aliphatic rings. The van der Waals surface area contributed by atoms with Crippen LogP contribution in [0.25, 0.3) is 11.0 Å². The third-order valence-corrected chi connectivity index (χ3v) is 5.22. The van der Waals surface area contributed by atoms with Gasteiger partial charge in [-0.2, -0.15) is 0 Å². The Bertz CT molecular complexity index is 1160. The number of amides is 1. The van der Waals surface area contributed by atoms with Crippen LogP contribution in [-0.2, 0) is 0 Å². The van der Waals surface area contributed by atoms with Crippen LogP contribution < -0.4 is 19.6 Å². The number of benzene rings is 2. The van der Waals surface area contributed by atoms with Gasteiger partial charge in [-0.15, -0.1) is 0 Å². The SMILES string of the molecule is COc1cc(C2c3c(oc4ccccc4c3=O)C(=O)N2CCO)cc(OC)c1OC. The van der Waals surface area contributed by atoms with Gasteiger partial charge in [0.2, 0.25) is 11.5 Å². The number of hydrogen-bond donors (Lipinski definition) is 1. The highest BCUT2D eigenvalue weighted by atomic mass is 16.5. The highest BCUT2D eigenvalue weighted by Gasteiger charge is 2.43. The predicted octanol–water partition coefficient (Wildman–Crippen LogP) is 2.36. The summed E-state index contributed by atoms with van der Waals surface area (Å²) in [6, 6.07) is 9.39. The molecule has 1 atom stereocenters. The molecule has 2 heterocycles. The van der Waals surface area contributed by atoms with Gasteiger partial charge in [0.1, 0.15) is 5.58 Å². The van der Waals surface area contributed by atoms with Crippen molar-refractivity contribution in [3.05, 3.63) is 63.5 Å². The van der Waals surface area contributed by atoms with E-state index in [1.165, 1.54) is 26.2 Å². The maximum atomic E-state index is 13.3. The van der Waals surface area contributed by atoms with E-state index >= 15 is 0 Å². The normalized spacial score (nSPS) is 15.4. The number of ether oxygens (including phenoxy) is 3. The second-order valence-corrected chi connectivity index (χ2v) is 6.75. The van der Waals surface area contributed by atoms with Crippen LogP contribution in [-0.4, -0.2) is 50.4 Å². The van der Waals surface area contributed by atoms with Crippen LogP contribution in [0.2, 0.25) is 0 Å². The van der Waals surface area contributed by atoms with Crippen LogP contribution in [0.15, 0.2) is 45.6 Å². The molecule has 3 aromatic rings. The minimum atomic E-state index is -0.769. The second-order valence-electron chi connectivity index (χ2n) is 6.75. The zero-order chi connectivity index (χ0) is 21.4. The average molecular weight is 411 g/mol. The van der Waals surface area contributed by atoms with Gasteiger partial charge in [0.25, 0.3) is 5.91 Å². The fraction of sp³-hybridized carbons (Fsp3) is 0.273. The quantitative estimate of drug-likeness (QED) is 0.665. The summed E-state index contributed by atoms with van der Waals surface area (Å²) in [5, 5.41) is 9.94. The largest absolute Gasteiger partial charge is 0.493 e. The Hall–Kier alpha value is -3.52. The van der Waals surface area contributed by atoms with Crippen molar-refractivity contribution < 1.29 is 28.5 Å². The molecule has 0 saturated heterocycles. The lowest BCUT2D eigenvalue weighted by Crippen LogP contribution is -2.32. The summed E-state index contributed by atoms with van der Waals surface area (Å²) in [5.74, 6) is 0.697. The van der Waals surface area contributed by atoms with Gasteiger partial charge in [0.05, 0.1) is 44.9 Å². The molecule has 8 nitrogen and oxygen atoms in total. The molecule has 8 heteroatoms. The number of methoxy groups -OCH3 is 3. The first-order chi connectivity index (χ1) is 14.5. The van der Waals surface area contributed by atoms with Crippen LogP contribution in [0, 0.1) is 0 Å². The van der Waals surface area contributed by atoms with Crippen molar-refractivity contribution >= 4 is 16.9 Å². The Labute approximate surface area is 172 Å². The third kappa shape index (κ3) is 2.88. The molecule has 0 bridgehead atoms. The second kappa shape index (κ2) is 7.72. The molecule has 0 radical (unpaired) electrons. The molecular weight excluding hydrogens is 390 g/mol. The Morgan fingerprint density at radius 2 is 1.70 bits per heavy atom. The van der Waals surface area contributed by atoms with Gasteiger partial charge < -0.3 is 28.6 Å². The van der Waals surface area contributed by atoms with E-state index in [1.807, 2.05) is 0 Å². The lowest BCUT2D eigenvalue weighted by molar-refractivity contribution is 0.0691. The van der Waals surface area contributed by atoms with Crippen molar-refractivity contribution in [2.45, 2.75) is 6.04 Å². The molecule has 30 heavy (non-hydrogen) atoms. The summed E-state index contributed by atoms with van der Waals surface area (Å²) in [4.78, 5) is 27.8. The Balaban J connectivity index is 2.01. The maximum Gasteiger partial charge on any atom is 0.290 e. The zero-order valence-corrected chi connectivity index (χ0v) is 16.8. The molecule has 4 rings (SSSR count). The average Bonchev–Trinajstić information content (AvgIpc) is 3.05. The summed E-state index contributed by atoms with van der Waals surface area (Å²) >= 11 is 0. The van der Waals surface area contributed by atoms with E-state index in [4.69, 9.17) is 18.6 Å². The minimum absolute atomic E-state index is 0.0223. The standard InChI is InChI=1S/C22H21NO7/c1-27-15-10-12(11-16(28-2)20(15)29-3)18-17-19(25)13-6-4-5-7-14(13)30-21(17)22(26)23(18)8-9-24/h4-7,10-11,18,24H,8-9H2,1-3H3. The van der Waals surface area contributed by atoms with Crippen molar-refractivity contribution in [3.63, 3.8) is 0 Å². The topological polar surface area (TPSA) is 98.4 Å². The minimum Gasteiger partial charge on any atom is -0.493 e. The smallest absolute Gasteiger partial charge is 0.290 e. The van der Waals surface area contributed by atoms with Crippen molar-refractivity contribution in [2.24, 2.45) is 0 Å². The Kier molecular flexibility index (Phi) is 5.09. The molecule has 156 valence electrons. The first-order valence-corrected chi connectivity index (χ1v) is 9.33. The van der Waals surface area contributed by atoms with E-state index in [2.05, 4.69) is 0 Å². The molecular formula is C22H21NO7. The molecule has 1 aromatic heterocycles. The number of para-hydroxylation sites is 1. The summed E-state index contributed by atoms with van der Waals surface area (Å²) in [6.45, 7) is -0.242. The molecule has 0 saturated carbocycles. The summed E-state index contributed by atoms with van der Waals surface area (Å²) in [7, 11) is 4.47. The molecule has 0 fully saturated rings. The van der Waals surface area contributed by atoms with Crippen LogP contribution in [0.5, 0.6) is 17.2 Å². The number of β-amino-alcohol motifs (C(OH)–C–C–N with tert-alkyl or cyclic N) is 1. The van der Waals surface area contributed by atoms with E-state index in [1.54, 1.807) is 36.4 Å². The number of aliphatic hydroxyl groups excluding tert-OH is 1. The van der Waals surface area contributed by atoms with Gasteiger partial charge in [0, 0.05) is 6.54 Å². The number of carbonyl (C=O) groups excluding carboxylic acids is 1. The van der Waals surface area contributed by atoms with Gasteiger partial charge in [0.15, 0.2) is 16.9 Å². The fourth-order valence-corrected chi connectivity index (χ4v) is 3.91. The fourth-order valence-electron chi connectivity index (χ4n) is 3.91. The number of nitrogens with zero attached hydrogens (tertiary/aromatic N) is 1. The Morgan fingerprint density at radius 3 is 2.30 bits per heavy atom. The van der Waals surface area contributed by atoms with Gasteiger partial charge in [-0.1, -0.05) is 12.1 Å². The lowest BCUT2D eigenvalue weighted by Gasteiger charge is -2.25. The predicted molar refractivity (Wildman–Crippen MR) is 109 cm³/mol. The number of aliphatic hydroxyl groups is 1. The molecule has 2 aromatic carbocycles. The first kappa shape index (κ1) is 19.8. The molecule has 0 spiro atoms. The number of carbonyl (C=O) groups is 1. The molecule has 1 unspecified atom stereocenters. The summed E-state index contributed by atoms with van der Waals surface area (Å²) in [6.07, 6.45) is 0. The third-order valence-electron chi connectivity index (χ3n) is 5.22. The van der Waals surface area contributed by atoms with E-state index in [-0.39, 0.29) is 29.9 Å². The number of hydrogen-bond acceptors (Lipinski definition) is 7. The monoisotopic (exact) mass is 411 g/mol. The van der Waals surface area contributed by atoms with E-state index in [0.717, 1.165) is 0 Å². The number of fused-ring (bicyclic) bond motifs is 2. The molecule has 1 N–H and O–H groups in total. The van der Waals surface area contributed by atoms with Crippen molar-refractivity contribution in [1.82, 2.24) is 4.90 Å². The van der Waals surface area contributed by atoms with Crippen molar-refractivity contribution in [1.29, 1.82) is 0 Å². The van der Waals surface area contributed by atoms with E-state index in [0.29, 0.717) is 33.8 Å². The van der Waals surface area contributed by atoms with Crippen LogP contribution in [0.3, 0.4) is 0 Å². The van der Waals surface area contributed by atoms with Gasteiger partial charge >= 0.3 is 0 Å². The van der Waals surface area contributed by atoms with E-state index in [9.17, 15) is 14.7 Å². The lowest BCUT2D eigenvalue weighted by atomic mass is 9.97. The van der Waals surface area contributed by atoms with E-state index < -0.39 is 11.9 Å². The van der Waals surface area contributed by atoms with Crippen LogP contribution in [0.4, 0.5) is 0 Å². The van der Waals surface area contributed by atoms with Crippen LogP contribution in [0.1, 0.15) is 27.7 Å². The highest BCUT2D eigenvalue weighted by Crippen LogP contribution is 2.44. The Morgan fingerprint density at radius 1 is 1.03 bits per heavy atom.